The molecular formula is C27H29N3O4. The first kappa shape index (κ1) is 23.2. The topological polar surface area (TPSA) is 81.7 Å². The summed E-state index contributed by atoms with van der Waals surface area (Å²) in [7, 11) is 3.32. The number of nitrogens with zero attached hydrogens (tertiary/aromatic N) is 1. The van der Waals surface area contributed by atoms with Crippen molar-refractivity contribution in [3.05, 3.63) is 65.7 Å². The van der Waals surface area contributed by atoms with Crippen molar-refractivity contribution in [3.63, 3.8) is 0 Å². The predicted molar refractivity (Wildman–Crippen MR) is 135 cm³/mol. The number of aromatic nitrogens is 1. The SMILES string of the molecule is COc1ccc2nc3cc(C)c(OC)cc3c(Nc3ccc(COC(=O)NC(C)C)cc3)c2c1. The zero-order chi connectivity index (χ0) is 24.2. The highest BCUT2D eigenvalue weighted by Crippen LogP contribution is 2.37. The lowest BCUT2D eigenvalue weighted by molar-refractivity contribution is 0.137. The smallest absolute Gasteiger partial charge is 0.407 e. The van der Waals surface area contributed by atoms with E-state index >= 15 is 0 Å². The summed E-state index contributed by atoms with van der Waals surface area (Å²) in [5.41, 5.74) is 5.46. The second-order valence-electron chi connectivity index (χ2n) is 8.41. The van der Waals surface area contributed by atoms with Crippen LogP contribution in [0.3, 0.4) is 0 Å². The van der Waals surface area contributed by atoms with Gasteiger partial charge in [-0.3, -0.25) is 0 Å². The van der Waals surface area contributed by atoms with Crippen molar-refractivity contribution in [1.29, 1.82) is 0 Å². The predicted octanol–water partition coefficient (Wildman–Crippen LogP) is 6.09. The van der Waals surface area contributed by atoms with Crippen molar-refractivity contribution >= 4 is 39.3 Å². The standard InChI is InChI=1S/C27H29N3O4/c1-16(2)28-27(31)34-15-18-6-8-19(9-7-18)29-26-21-13-20(32-4)10-11-23(21)30-24-12-17(3)25(33-5)14-22(24)26/h6-14,16H,15H2,1-5H3,(H,28,31)(H,29,30). The van der Waals surface area contributed by atoms with E-state index in [1.807, 2.05) is 75.4 Å². The lowest BCUT2D eigenvalue weighted by Gasteiger charge is -2.16. The van der Waals surface area contributed by atoms with E-state index in [2.05, 4.69) is 10.6 Å². The molecule has 34 heavy (non-hydrogen) atoms. The first-order valence-corrected chi connectivity index (χ1v) is 11.1. The lowest BCUT2D eigenvalue weighted by atomic mass is 10.0. The van der Waals surface area contributed by atoms with E-state index in [1.165, 1.54) is 0 Å². The third kappa shape index (κ3) is 4.98. The van der Waals surface area contributed by atoms with Gasteiger partial charge in [-0.1, -0.05) is 12.1 Å². The highest BCUT2D eigenvalue weighted by Gasteiger charge is 2.14. The Hall–Kier alpha value is -4.00. The largest absolute Gasteiger partial charge is 0.497 e. The average molecular weight is 460 g/mol. The number of anilines is 2. The van der Waals surface area contributed by atoms with Gasteiger partial charge in [-0.05, 0) is 74.4 Å². The number of pyridine rings is 1. The van der Waals surface area contributed by atoms with Gasteiger partial charge in [0.1, 0.15) is 18.1 Å². The number of nitrogens with one attached hydrogen (secondary N) is 2. The summed E-state index contributed by atoms with van der Waals surface area (Å²) in [5.74, 6) is 1.55. The molecule has 2 N–H and O–H groups in total. The van der Waals surface area contributed by atoms with Gasteiger partial charge in [0.25, 0.3) is 0 Å². The highest BCUT2D eigenvalue weighted by molar-refractivity contribution is 6.09. The van der Waals surface area contributed by atoms with Gasteiger partial charge in [0, 0.05) is 22.5 Å². The number of hydrogen-bond acceptors (Lipinski definition) is 6. The van der Waals surface area contributed by atoms with E-state index in [4.69, 9.17) is 19.2 Å². The van der Waals surface area contributed by atoms with Gasteiger partial charge >= 0.3 is 6.09 Å². The molecule has 176 valence electrons. The number of alkyl carbamates (subject to hydrolysis) is 1. The summed E-state index contributed by atoms with van der Waals surface area (Å²) in [6.07, 6.45) is -0.426. The van der Waals surface area contributed by atoms with Crippen molar-refractivity contribution in [2.75, 3.05) is 19.5 Å². The van der Waals surface area contributed by atoms with Crippen molar-refractivity contribution in [2.24, 2.45) is 0 Å². The molecule has 0 atom stereocenters. The lowest BCUT2D eigenvalue weighted by Crippen LogP contribution is -2.30. The van der Waals surface area contributed by atoms with Crippen LogP contribution in [-0.2, 0) is 11.3 Å². The van der Waals surface area contributed by atoms with E-state index in [0.29, 0.717) is 0 Å². The minimum Gasteiger partial charge on any atom is -0.497 e. The fourth-order valence-electron chi connectivity index (χ4n) is 3.79. The molecule has 0 aliphatic carbocycles. The van der Waals surface area contributed by atoms with Crippen molar-refractivity contribution in [2.45, 2.75) is 33.4 Å². The number of rotatable bonds is 7. The minimum atomic E-state index is -0.426. The Morgan fingerprint density at radius 2 is 1.68 bits per heavy atom. The van der Waals surface area contributed by atoms with Gasteiger partial charge in [0.15, 0.2) is 0 Å². The maximum Gasteiger partial charge on any atom is 0.407 e. The third-order valence-electron chi connectivity index (χ3n) is 5.50. The van der Waals surface area contributed by atoms with E-state index in [9.17, 15) is 4.79 Å². The number of carbonyl (C=O) groups is 1. The Balaban J connectivity index is 1.70. The second kappa shape index (κ2) is 9.87. The number of methoxy groups -OCH3 is 2. The maximum absolute atomic E-state index is 11.7. The molecule has 0 saturated carbocycles. The summed E-state index contributed by atoms with van der Waals surface area (Å²) >= 11 is 0. The van der Waals surface area contributed by atoms with E-state index < -0.39 is 6.09 Å². The van der Waals surface area contributed by atoms with Crippen LogP contribution < -0.4 is 20.1 Å². The van der Waals surface area contributed by atoms with Gasteiger partial charge in [-0.25, -0.2) is 9.78 Å². The van der Waals surface area contributed by atoms with Gasteiger partial charge in [0.2, 0.25) is 0 Å². The van der Waals surface area contributed by atoms with Crippen LogP contribution in [0.25, 0.3) is 21.8 Å². The molecule has 0 radical (unpaired) electrons. The summed E-state index contributed by atoms with van der Waals surface area (Å²) in [4.78, 5) is 16.6. The van der Waals surface area contributed by atoms with Crippen LogP contribution in [0.1, 0.15) is 25.0 Å². The Labute approximate surface area is 199 Å². The molecule has 0 bridgehead atoms. The van der Waals surface area contributed by atoms with Crippen LogP contribution in [-0.4, -0.2) is 31.3 Å². The number of ether oxygens (including phenoxy) is 3. The molecule has 1 aromatic heterocycles. The molecule has 4 aromatic rings. The van der Waals surface area contributed by atoms with E-state index in [0.717, 1.165) is 55.8 Å². The van der Waals surface area contributed by atoms with E-state index in [-0.39, 0.29) is 12.6 Å². The first-order chi connectivity index (χ1) is 16.4. The number of carbonyl (C=O) groups excluding carboxylic acids is 1. The zero-order valence-corrected chi connectivity index (χ0v) is 20.1. The van der Waals surface area contributed by atoms with Crippen LogP contribution in [0.5, 0.6) is 11.5 Å². The molecule has 1 amide bonds. The van der Waals surface area contributed by atoms with E-state index in [1.54, 1.807) is 14.2 Å². The van der Waals surface area contributed by atoms with Crippen LogP contribution in [0, 0.1) is 6.92 Å². The molecule has 0 saturated heterocycles. The molecule has 0 aliphatic heterocycles. The third-order valence-corrected chi connectivity index (χ3v) is 5.50. The Kier molecular flexibility index (Phi) is 6.72. The summed E-state index contributed by atoms with van der Waals surface area (Å²) in [6, 6.07) is 17.7. The van der Waals surface area contributed by atoms with Crippen molar-refractivity contribution < 1.29 is 19.0 Å². The van der Waals surface area contributed by atoms with Crippen LogP contribution in [0.4, 0.5) is 16.2 Å². The molecule has 0 spiro atoms. The Bertz CT molecular complexity index is 1330. The zero-order valence-electron chi connectivity index (χ0n) is 20.1. The van der Waals surface area contributed by atoms with Gasteiger partial charge in [-0.2, -0.15) is 0 Å². The molecule has 1 heterocycles. The maximum atomic E-state index is 11.7. The van der Waals surface area contributed by atoms with Crippen LogP contribution >= 0.6 is 0 Å². The highest BCUT2D eigenvalue weighted by atomic mass is 16.5. The monoisotopic (exact) mass is 459 g/mol. The summed E-state index contributed by atoms with van der Waals surface area (Å²) in [6.45, 7) is 5.99. The Morgan fingerprint density at radius 1 is 0.941 bits per heavy atom. The van der Waals surface area contributed by atoms with Crippen molar-refractivity contribution in [3.8, 4) is 11.5 Å². The number of amides is 1. The quantitative estimate of drug-likeness (QED) is 0.325. The fraction of sp³-hybridized carbons (Fsp3) is 0.259. The molecule has 7 nitrogen and oxygen atoms in total. The normalized spacial score (nSPS) is 11.0. The number of hydrogen-bond donors (Lipinski definition) is 2. The van der Waals surface area contributed by atoms with Gasteiger partial charge < -0.3 is 24.8 Å². The Morgan fingerprint density at radius 3 is 2.35 bits per heavy atom. The number of aryl methyl sites for hydroxylation is 1. The molecule has 4 rings (SSSR count). The minimum absolute atomic E-state index is 0.0325. The van der Waals surface area contributed by atoms with Crippen LogP contribution in [0.2, 0.25) is 0 Å². The average Bonchev–Trinajstić information content (AvgIpc) is 2.82. The second-order valence-corrected chi connectivity index (χ2v) is 8.41. The summed E-state index contributed by atoms with van der Waals surface area (Å²) in [5, 5.41) is 8.16. The summed E-state index contributed by atoms with van der Waals surface area (Å²) < 4.78 is 16.3. The molecule has 0 unspecified atom stereocenters. The number of fused-ring (bicyclic) bond motifs is 2. The van der Waals surface area contributed by atoms with Crippen LogP contribution in [0.15, 0.2) is 54.6 Å². The van der Waals surface area contributed by atoms with Crippen molar-refractivity contribution in [1.82, 2.24) is 10.3 Å². The number of benzene rings is 3. The van der Waals surface area contributed by atoms with Gasteiger partial charge in [0.05, 0.1) is 30.9 Å². The molecule has 3 aromatic carbocycles. The molecular weight excluding hydrogens is 430 g/mol. The van der Waals surface area contributed by atoms with Gasteiger partial charge in [-0.15, -0.1) is 0 Å². The fourth-order valence-corrected chi connectivity index (χ4v) is 3.79. The molecule has 7 heteroatoms. The molecule has 0 fully saturated rings. The molecule has 0 aliphatic rings. The first-order valence-electron chi connectivity index (χ1n) is 11.1.